The molecule has 6 heteroatoms. The van der Waals surface area contributed by atoms with Crippen LogP contribution in [0.2, 0.25) is 0 Å². The predicted molar refractivity (Wildman–Crippen MR) is 70.1 cm³/mol. The number of aryl methyl sites for hydroxylation is 1. The fourth-order valence-corrected chi connectivity index (χ4v) is 1.78. The van der Waals surface area contributed by atoms with Crippen LogP contribution in [-0.4, -0.2) is 27.0 Å². The molecule has 0 atom stereocenters. The summed E-state index contributed by atoms with van der Waals surface area (Å²) in [5, 5.41) is 3.02. The fraction of sp³-hybridized carbons (Fsp3) is 0.200. The number of nitrogens with one attached hydrogen (secondary N) is 1. The van der Waals surface area contributed by atoms with Gasteiger partial charge in [-0.1, -0.05) is 0 Å². The van der Waals surface area contributed by atoms with Crippen molar-refractivity contribution in [2.24, 2.45) is 0 Å². The molecule has 0 bridgehead atoms. The molecule has 0 saturated carbocycles. The molecule has 0 aliphatic rings. The molecule has 0 saturated heterocycles. The third-order valence-corrected chi connectivity index (χ3v) is 2.78. The van der Waals surface area contributed by atoms with Crippen molar-refractivity contribution in [2.45, 2.75) is 6.92 Å². The molecular weight excluding hydrogens is 317 g/mol. The van der Waals surface area contributed by atoms with E-state index in [4.69, 9.17) is 0 Å². The third kappa shape index (κ3) is 2.26. The summed E-state index contributed by atoms with van der Waals surface area (Å²) in [5.41, 5.74) is 0.736. The van der Waals surface area contributed by atoms with Crippen LogP contribution in [-0.2, 0) is 0 Å². The Morgan fingerprint density at radius 1 is 1.25 bits per heavy atom. The Morgan fingerprint density at radius 3 is 2.75 bits per heavy atom. The SMILES string of the molecule is CNc1nc(-c2ccnc(C)n2)ncc1I. The number of hydrogen-bond acceptors (Lipinski definition) is 5. The first-order chi connectivity index (χ1) is 7.70. The Bertz CT molecular complexity index is 514. The first kappa shape index (κ1) is 11.2. The minimum atomic E-state index is 0.607. The second-order valence-corrected chi connectivity index (χ2v) is 4.29. The summed E-state index contributed by atoms with van der Waals surface area (Å²) in [5.74, 6) is 2.13. The van der Waals surface area contributed by atoms with E-state index < -0.39 is 0 Å². The molecule has 2 aromatic rings. The van der Waals surface area contributed by atoms with E-state index >= 15 is 0 Å². The van der Waals surface area contributed by atoms with Crippen LogP contribution < -0.4 is 5.32 Å². The predicted octanol–water partition coefficient (Wildman–Crippen LogP) is 1.89. The van der Waals surface area contributed by atoms with Gasteiger partial charge in [0.1, 0.15) is 17.3 Å². The molecule has 0 aromatic carbocycles. The lowest BCUT2D eigenvalue weighted by molar-refractivity contribution is 1.03. The van der Waals surface area contributed by atoms with Gasteiger partial charge in [0.2, 0.25) is 0 Å². The van der Waals surface area contributed by atoms with Crippen molar-refractivity contribution in [2.75, 3.05) is 12.4 Å². The second-order valence-electron chi connectivity index (χ2n) is 3.13. The highest BCUT2D eigenvalue weighted by atomic mass is 127. The molecule has 0 spiro atoms. The van der Waals surface area contributed by atoms with E-state index in [-0.39, 0.29) is 0 Å². The van der Waals surface area contributed by atoms with Crippen LogP contribution in [0.4, 0.5) is 5.82 Å². The minimum absolute atomic E-state index is 0.607. The number of halogens is 1. The van der Waals surface area contributed by atoms with Crippen LogP contribution in [0.5, 0.6) is 0 Å². The van der Waals surface area contributed by atoms with E-state index in [0.717, 1.165) is 15.1 Å². The third-order valence-electron chi connectivity index (χ3n) is 1.99. The molecule has 0 fully saturated rings. The van der Waals surface area contributed by atoms with E-state index in [9.17, 15) is 0 Å². The number of anilines is 1. The lowest BCUT2D eigenvalue weighted by Crippen LogP contribution is -2.01. The summed E-state index contributed by atoms with van der Waals surface area (Å²) >= 11 is 2.18. The van der Waals surface area contributed by atoms with E-state index in [1.165, 1.54) is 0 Å². The van der Waals surface area contributed by atoms with E-state index in [2.05, 4.69) is 47.8 Å². The highest BCUT2D eigenvalue weighted by Gasteiger charge is 2.06. The van der Waals surface area contributed by atoms with Gasteiger partial charge in [-0.15, -0.1) is 0 Å². The van der Waals surface area contributed by atoms with Crippen molar-refractivity contribution in [1.29, 1.82) is 0 Å². The molecule has 0 radical (unpaired) electrons. The van der Waals surface area contributed by atoms with E-state index in [1.54, 1.807) is 18.5 Å². The molecular formula is C10H10IN5. The summed E-state index contributed by atoms with van der Waals surface area (Å²) in [7, 11) is 1.83. The Kier molecular flexibility index (Phi) is 3.28. The molecule has 0 unspecified atom stereocenters. The fourth-order valence-electron chi connectivity index (χ4n) is 1.25. The summed E-state index contributed by atoms with van der Waals surface area (Å²) in [6.45, 7) is 1.84. The minimum Gasteiger partial charge on any atom is -0.372 e. The second kappa shape index (κ2) is 4.69. The molecule has 0 aliphatic heterocycles. The van der Waals surface area contributed by atoms with Crippen molar-refractivity contribution >= 4 is 28.4 Å². The summed E-state index contributed by atoms with van der Waals surface area (Å²) in [6.07, 6.45) is 3.48. The zero-order valence-corrected chi connectivity index (χ0v) is 11.1. The average Bonchev–Trinajstić information content (AvgIpc) is 2.29. The Morgan fingerprint density at radius 2 is 2.06 bits per heavy atom. The Hall–Kier alpha value is -1.31. The van der Waals surface area contributed by atoms with Crippen LogP contribution in [0.3, 0.4) is 0 Å². The van der Waals surface area contributed by atoms with Gasteiger partial charge in [0, 0.05) is 19.4 Å². The van der Waals surface area contributed by atoms with Gasteiger partial charge in [-0.3, -0.25) is 0 Å². The van der Waals surface area contributed by atoms with Gasteiger partial charge in [-0.05, 0) is 35.6 Å². The van der Waals surface area contributed by atoms with Gasteiger partial charge in [0.15, 0.2) is 5.82 Å². The first-order valence-electron chi connectivity index (χ1n) is 4.71. The monoisotopic (exact) mass is 327 g/mol. The van der Waals surface area contributed by atoms with Crippen molar-refractivity contribution in [3.05, 3.63) is 27.9 Å². The molecule has 2 heterocycles. The normalized spacial score (nSPS) is 10.2. The molecule has 16 heavy (non-hydrogen) atoms. The lowest BCUT2D eigenvalue weighted by atomic mass is 10.3. The maximum Gasteiger partial charge on any atom is 0.180 e. The zero-order chi connectivity index (χ0) is 11.5. The standard InChI is InChI=1S/C10H10IN5/c1-6-13-4-3-8(15-6)10-14-5-7(11)9(12-2)16-10/h3-5H,1-2H3,(H,12,14,16). The number of aromatic nitrogens is 4. The van der Waals surface area contributed by atoms with Crippen LogP contribution in [0.1, 0.15) is 5.82 Å². The number of rotatable bonds is 2. The molecule has 0 amide bonds. The summed E-state index contributed by atoms with van der Waals surface area (Å²) in [4.78, 5) is 17.0. The van der Waals surface area contributed by atoms with Crippen molar-refractivity contribution < 1.29 is 0 Å². The van der Waals surface area contributed by atoms with Crippen molar-refractivity contribution in [3.8, 4) is 11.5 Å². The molecule has 2 aromatic heterocycles. The maximum atomic E-state index is 4.38. The Labute approximate surface area is 107 Å². The topological polar surface area (TPSA) is 63.6 Å². The van der Waals surface area contributed by atoms with Crippen LogP contribution in [0.25, 0.3) is 11.5 Å². The average molecular weight is 327 g/mol. The number of nitrogens with zero attached hydrogens (tertiary/aromatic N) is 4. The summed E-state index contributed by atoms with van der Waals surface area (Å²) < 4.78 is 0.981. The first-order valence-corrected chi connectivity index (χ1v) is 5.79. The van der Waals surface area contributed by atoms with Crippen molar-refractivity contribution in [3.63, 3.8) is 0 Å². The molecule has 82 valence electrons. The zero-order valence-electron chi connectivity index (χ0n) is 8.90. The van der Waals surface area contributed by atoms with E-state index in [1.807, 2.05) is 14.0 Å². The van der Waals surface area contributed by atoms with Gasteiger partial charge >= 0.3 is 0 Å². The lowest BCUT2D eigenvalue weighted by Gasteiger charge is -2.04. The maximum absolute atomic E-state index is 4.38. The van der Waals surface area contributed by atoms with Gasteiger partial charge in [-0.25, -0.2) is 19.9 Å². The molecule has 0 aliphatic carbocycles. The van der Waals surface area contributed by atoms with Gasteiger partial charge < -0.3 is 5.32 Å². The highest BCUT2D eigenvalue weighted by molar-refractivity contribution is 14.1. The molecule has 2 rings (SSSR count). The summed E-state index contributed by atoms with van der Waals surface area (Å²) in [6, 6.07) is 1.80. The number of hydrogen-bond donors (Lipinski definition) is 1. The van der Waals surface area contributed by atoms with E-state index in [0.29, 0.717) is 11.6 Å². The Balaban J connectivity index is 2.48. The smallest absolute Gasteiger partial charge is 0.180 e. The molecule has 1 N–H and O–H groups in total. The van der Waals surface area contributed by atoms with Crippen molar-refractivity contribution in [1.82, 2.24) is 19.9 Å². The van der Waals surface area contributed by atoms with Gasteiger partial charge in [0.05, 0.1) is 3.57 Å². The molecule has 5 nitrogen and oxygen atoms in total. The largest absolute Gasteiger partial charge is 0.372 e. The van der Waals surface area contributed by atoms with Crippen LogP contribution >= 0.6 is 22.6 Å². The van der Waals surface area contributed by atoms with Gasteiger partial charge in [0.25, 0.3) is 0 Å². The van der Waals surface area contributed by atoms with Gasteiger partial charge in [-0.2, -0.15) is 0 Å². The van der Waals surface area contributed by atoms with Crippen LogP contribution in [0, 0.1) is 10.5 Å². The quantitative estimate of drug-likeness (QED) is 0.854. The van der Waals surface area contributed by atoms with Crippen LogP contribution in [0.15, 0.2) is 18.5 Å². The highest BCUT2D eigenvalue weighted by Crippen LogP contribution is 2.18.